The first-order valence-corrected chi connectivity index (χ1v) is 13.2. The lowest BCUT2D eigenvalue weighted by Gasteiger charge is -2.30. The van der Waals surface area contributed by atoms with Crippen molar-refractivity contribution in [1.29, 1.82) is 0 Å². The van der Waals surface area contributed by atoms with Gasteiger partial charge in [-0.25, -0.2) is 0 Å². The summed E-state index contributed by atoms with van der Waals surface area (Å²) in [6.07, 6.45) is -13.0. The average Bonchev–Trinajstić information content (AvgIpc) is 3.33. The fraction of sp³-hybridized carbons (Fsp3) is 0.429. The molecule has 0 aliphatic rings. The molecule has 250 valence electrons. The van der Waals surface area contributed by atoms with Crippen LogP contribution >= 0.6 is 12.4 Å². The normalized spacial score (nSPS) is 12.1. The van der Waals surface area contributed by atoms with Gasteiger partial charge in [-0.2, -0.15) is 31.4 Å². The van der Waals surface area contributed by atoms with Crippen molar-refractivity contribution in [2.75, 3.05) is 22.9 Å². The first kappa shape index (κ1) is 37.4. The Hall–Kier alpha value is -3.82. The highest BCUT2D eigenvalue weighted by atomic mass is 35.5. The maximum absolute atomic E-state index is 13.5. The van der Waals surface area contributed by atoms with Crippen LogP contribution in [0.3, 0.4) is 0 Å². The third kappa shape index (κ3) is 11.2. The van der Waals surface area contributed by atoms with Crippen LogP contribution in [0.15, 0.2) is 48.7 Å². The summed E-state index contributed by atoms with van der Waals surface area (Å²) in [4.78, 5) is 14.0. The molecule has 17 heteroatoms. The minimum absolute atomic E-state index is 0. The van der Waals surface area contributed by atoms with Gasteiger partial charge in [-0.15, -0.1) is 25.6 Å². The summed E-state index contributed by atoms with van der Waals surface area (Å²) >= 11 is 0. The van der Waals surface area contributed by atoms with Crippen molar-refractivity contribution in [2.24, 2.45) is 7.05 Å². The first-order chi connectivity index (χ1) is 20.4. The van der Waals surface area contributed by atoms with E-state index in [1.165, 1.54) is 35.0 Å². The summed E-state index contributed by atoms with van der Waals surface area (Å²) in [5, 5.41) is 13.1. The Morgan fingerprint density at radius 2 is 1.51 bits per heavy atom. The van der Waals surface area contributed by atoms with Crippen LogP contribution in [0.25, 0.3) is 0 Å². The number of hydrogen-bond acceptors (Lipinski definition) is 5. The van der Waals surface area contributed by atoms with Gasteiger partial charge < -0.3 is 19.6 Å². The summed E-state index contributed by atoms with van der Waals surface area (Å²) in [6.45, 7) is 1.64. The number of rotatable bonds is 13. The van der Waals surface area contributed by atoms with Crippen LogP contribution in [0.4, 0.5) is 51.0 Å². The second kappa shape index (κ2) is 15.0. The number of carboxylic acid groups (broad SMARTS) is 1. The summed E-state index contributed by atoms with van der Waals surface area (Å²) < 4.78 is 126. The Kier molecular flexibility index (Phi) is 12.4. The second-order valence-corrected chi connectivity index (χ2v) is 9.89. The number of aryl methyl sites for hydroxylation is 1. The van der Waals surface area contributed by atoms with Crippen molar-refractivity contribution in [2.45, 2.75) is 58.0 Å². The molecule has 7 nitrogen and oxygen atoms in total. The van der Waals surface area contributed by atoms with Crippen LogP contribution in [-0.2, 0) is 37.3 Å². The second-order valence-electron chi connectivity index (χ2n) is 9.89. The highest BCUT2D eigenvalue weighted by Gasteiger charge is 2.37. The van der Waals surface area contributed by atoms with Gasteiger partial charge in [0.1, 0.15) is 5.75 Å². The van der Waals surface area contributed by atoms with Crippen molar-refractivity contribution in [3.8, 4) is 5.75 Å². The van der Waals surface area contributed by atoms with Gasteiger partial charge in [-0.1, -0.05) is 0 Å². The lowest BCUT2D eigenvalue weighted by Crippen LogP contribution is -2.29. The molecule has 3 rings (SSSR count). The molecule has 0 atom stereocenters. The number of alkyl halides is 9. The third-order valence-electron chi connectivity index (χ3n) is 6.48. The van der Waals surface area contributed by atoms with Gasteiger partial charge in [0.2, 0.25) is 0 Å². The molecule has 1 heterocycles. The fourth-order valence-electron chi connectivity index (χ4n) is 4.55. The van der Waals surface area contributed by atoms with Crippen LogP contribution in [-0.4, -0.2) is 40.3 Å². The van der Waals surface area contributed by atoms with Gasteiger partial charge in [0.25, 0.3) is 0 Å². The first-order valence-electron chi connectivity index (χ1n) is 13.2. The number of unbranched alkanes of at least 4 members (excludes halogenated alkanes) is 1. The van der Waals surface area contributed by atoms with E-state index in [4.69, 9.17) is 5.11 Å². The van der Waals surface area contributed by atoms with Crippen LogP contribution in [0.2, 0.25) is 0 Å². The number of aromatic nitrogens is 2. The smallest absolute Gasteiger partial charge is 0.481 e. The van der Waals surface area contributed by atoms with Gasteiger partial charge in [-0.05, 0) is 67.3 Å². The zero-order valence-corrected chi connectivity index (χ0v) is 24.7. The molecule has 0 saturated carbocycles. The van der Waals surface area contributed by atoms with E-state index in [9.17, 15) is 44.3 Å². The molecule has 0 spiro atoms. The summed E-state index contributed by atoms with van der Waals surface area (Å²) in [5.74, 6) is -1.44. The summed E-state index contributed by atoms with van der Waals surface area (Å²) in [7, 11) is 1.53. The predicted octanol–water partition coefficient (Wildman–Crippen LogP) is 8.07. The molecule has 0 bridgehead atoms. The third-order valence-corrected chi connectivity index (χ3v) is 6.48. The fourth-order valence-corrected chi connectivity index (χ4v) is 4.55. The van der Waals surface area contributed by atoms with Gasteiger partial charge in [0.05, 0.1) is 11.1 Å². The molecule has 1 N–H and O–H groups in total. The standard InChI is InChI=1S/C28H29F9N4O3.ClH/c1-3-40(10-5-4-6-25(42)43)23-8-7-22(44-28(35,36)37)14-19(23)17-41(24-9-11-39(2)38-24)16-18-12-20(26(29,30)31)15-21(13-18)27(32,33)34;/h7-9,11-15H,3-6,10,16-17H2,1-2H3,(H,42,43);1H. The minimum Gasteiger partial charge on any atom is -0.481 e. The van der Waals surface area contributed by atoms with E-state index in [1.54, 1.807) is 11.8 Å². The predicted molar refractivity (Wildman–Crippen MR) is 149 cm³/mol. The molecule has 2 aromatic carbocycles. The molecule has 0 saturated heterocycles. The Morgan fingerprint density at radius 3 is 2.00 bits per heavy atom. The van der Waals surface area contributed by atoms with Crippen molar-refractivity contribution in [3.63, 3.8) is 0 Å². The lowest BCUT2D eigenvalue weighted by molar-refractivity contribution is -0.274. The zero-order valence-electron chi connectivity index (χ0n) is 23.9. The highest BCUT2D eigenvalue weighted by molar-refractivity contribution is 5.85. The molecule has 0 aliphatic heterocycles. The molecular formula is C28H30ClF9N4O3. The Labute approximate surface area is 258 Å². The summed E-state index contributed by atoms with van der Waals surface area (Å²) in [6, 6.07) is 6.16. The lowest BCUT2D eigenvalue weighted by atomic mass is 10.0. The quantitative estimate of drug-likeness (QED) is 0.146. The van der Waals surface area contributed by atoms with Crippen LogP contribution in [0.1, 0.15) is 48.4 Å². The van der Waals surface area contributed by atoms with E-state index in [2.05, 4.69) is 9.84 Å². The van der Waals surface area contributed by atoms with Crippen LogP contribution in [0, 0.1) is 0 Å². The van der Waals surface area contributed by atoms with Gasteiger partial charge >= 0.3 is 24.7 Å². The topological polar surface area (TPSA) is 70.8 Å². The average molecular weight is 677 g/mol. The SMILES string of the molecule is CCN(CCCCC(=O)O)c1ccc(OC(F)(F)F)cc1CN(Cc1cc(C(F)(F)F)cc(C(F)(F)F)c1)c1ccn(C)n1.Cl. The minimum atomic E-state index is -5.08. The summed E-state index contributed by atoms with van der Waals surface area (Å²) in [5.41, 5.74) is -2.76. The number of ether oxygens (including phenoxy) is 1. The molecule has 0 unspecified atom stereocenters. The molecule has 0 fully saturated rings. The van der Waals surface area contributed by atoms with E-state index >= 15 is 0 Å². The number of carbonyl (C=O) groups is 1. The van der Waals surface area contributed by atoms with E-state index in [0.29, 0.717) is 43.8 Å². The van der Waals surface area contributed by atoms with Gasteiger partial charge in [0.15, 0.2) is 5.82 Å². The number of benzene rings is 2. The monoisotopic (exact) mass is 676 g/mol. The van der Waals surface area contributed by atoms with Crippen LogP contribution in [0.5, 0.6) is 5.75 Å². The van der Waals surface area contributed by atoms with Crippen molar-refractivity contribution in [3.05, 3.63) is 70.9 Å². The van der Waals surface area contributed by atoms with Gasteiger partial charge in [-0.3, -0.25) is 9.48 Å². The van der Waals surface area contributed by atoms with E-state index in [0.717, 1.165) is 12.1 Å². The van der Waals surface area contributed by atoms with E-state index < -0.39 is 48.1 Å². The molecule has 0 radical (unpaired) electrons. The number of nitrogens with zero attached hydrogens (tertiary/aromatic N) is 4. The maximum Gasteiger partial charge on any atom is 0.573 e. The van der Waals surface area contributed by atoms with E-state index in [-0.39, 0.29) is 48.4 Å². The number of anilines is 2. The maximum atomic E-state index is 13.5. The largest absolute Gasteiger partial charge is 0.573 e. The van der Waals surface area contributed by atoms with Crippen molar-refractivity contribution >= 4 is 29.9 Å². The highest BCUT2D eigenvalue weighted by Crippen LogP contribution is 2.37. The molecular weight excluding hydrogens is 647 g/mol. The van der Waals surface area contributed by atoms with Crippen LogP contribution < -0.4 is 14.5 Å². The Balaban J connectivity index is 0.00000705. The van der Waals surface area contributed by atoms with E-state index in [1.807, 2.05) is 0 Å². The molecule has 1 aromatic heterocycles. The number of hydrogen-bond donors (Lipinski definition) is 1. The number of carboxylic acids is 1. The number of aliphatic carboxylic acids is 1. The van der Waals surface area contributed by atoms with Gasteiger partial charge in [0, 0.05) is 57.6 Å². The number of halogens is 10. The molecule has 0 amide bonds. The molecule has 0 aliphatic carbocycles. The Morgan fingerprint density at radius 1 is 0.889 bits per heavy atom. The zero-order chi connectivity index (χ0) is 32.9. The van der Waals surface area contributed by atoms with Crippen molar-refractivity contribution < 1.29 is 54.2 Å². The molecule has 45 heavy (non-hydrogen) atoms. The molecule has 3 aromatic rings. The van der Waals surface area contributed by atoms with Crippen molar-refractivity contribution in [1.82, 2.24) is 9.78 Å². The Bertz CT molecular complexity index is 1390.